The van der Waals surface area contributed by atoms with Gasteiger partial charge in [-0.25, -0.2) is 0 Å². The first-order chi connectivity index (χ1) is 17.6. The molecule has 1 saturated heterocycles. The van der Waals surface area contributed by atoms with E-state index in [2.05, 4.69) is 24.5 Å². The summed E-state index contributed by atoms with van der Waals surface area (Å²) >= 11 is 12.2. The molecule has 7 heteroatoms. The van der Waals surface area contributed by atoms with Crippen molar-refractivity contribution >= 4 is 35.1 Å². The summed E-state index contributed by atoms with van der Waals surface area (Å²) in [4.78, 5) is 24.7. The maximum Gasteiger partial charge on any atom is 0.308 e. The van der Waals surface area contributed by atoms with Gasteiger partial charge < -0.3 is 14.5 Å². The molecule has 0 aromatic heterocycles. The van der Waals surface area contributed by atoms with Gasteiger partial charge in [0.05, 0.1) is 43.1 Å². The van der Waals surface area contributed by atoms with E-state index in [0.717, 1.165) is 54.7 Å². The van der Waals surface area contributed by atoms with Crippen molar-refractivity contribution in [1.29, 1.82) is 0 Å². The van der Waals surface area contributed by atoms with Crippen LogP contribution in [0.4, 0.5) is 0 Å². The second-order valence-electron chi connectivity index (χ2n) is 11.8. The highest BCUT2D eigenvalue weighted by Crippen LogP contribution is 2.51. The van der Waals surface area contributed by atoms with Crippen molar-refractivity contribution in [2.24, 2.45) is 11.8 Å². The number of amides is 1. The minimum absolute atomic E-state index is 0.0100. The second-order valence-corrected chi connectivity index (χ2v) is 12.7. The van der Waals surface area contributed by atoms with Crippen molar-refractivity contribution in [3.63, 3.8) is 0 Å². The van der Waals surface area contributed by atoms with Gasteiger partial charge in [0.1, 0.15) is 5.75 Å². The lowest BCUT2D eigenvalue weighted by Gasteiger charge is -2.55. The summed E-state index contributed by atoms with van der Waals surface area (Å²) in [5, 5.41) is 4.29. The molecule has 4 atom stereocenters. The number of carbonyl (C=O) groups excluding carboxylic acids is 2. The number of quaternary nitrogens is 1. The molecule has 5 nitrogen and oxygen atoms in total. The van der Waals surface area contributed by atoms with Gasteiger partial charge >= 0.3 is 5.97 Å². The zero-order chi connectivity index (χ0) is 26.2. The largest absolute Gasteiger partial charge is 0.427 e. The van der Waals surface area contributed by atoms with Crippen LogP contribution in [0.2, 0.25) is 10.0 Å². The number of rotatable bonds is 7. The number of hydrogen-bond acceptors (Lipinski definition) is 3. The SMILES string of the molecule is CC(=O)Oc1cccc([C@@]23CC[N@+](C)(CC4CC4)CC2CC[C@H](NC(=O)Cc2ccc(Cl)c(Cl)c2)C3)c1. The Morgan fingerprint density at radius 2 is 1.89 bits per heavy atom. The van der Waals surface area contributed by atoms with Crippen LogP contribution in [-0.2, 0) is 21.4 Å². The van der Waals surface area contributed by atoms with E-state index >= 15 is 0 Å². The summed E-state index contributed by atoms with van der Waals surface area (Å²) in [6.45, 7) is 5.02. The second kappa shape index (κ2) is 10.6. The van der Waals surface area contributed by atoms with Crippen molar-refractivity contribution in [2.45, 2.75) is 63.3 Å². The fourth-order valence-corrected chi connectivity index (χ4v) is 7.23. The molecule has 198 valence electrons. The zero-order valence-electron chi connectivity index (χ0n) is 21.8. The maximum atomic E-state index is 13.0. The molecule has 0 radical (unpaired) electrons. The molecule has 1 N–H and O–H groups in total. The lowest BCUT2D eigenvalue weighted by atomic mass is 9.57. The number of hydrogen-bond donors (Lipinski definition) is 1. The van der Waals surface area contributed by atoms with E-state index in [9.17, 15) is 9.59 Å². The smallest absolute Gasteiger partial charge is 0.308 e. The van der Waals surface area contributed by atoms with Crippen LogP contribution in [0.15, 0.2) is 42.5 Å². The number of fused-ring (bicyclic) bond motifs is 1. The molecular weight excluding hydrogens is 507 g/mol. The van der Waals surface area contributed by atoms with E-state index in [1.807, 2.05) is 18.2 Å². The molecule has 3 aliphatic rings. The molecule has 1 unspecified atom stereocenters. The van der Waals surface area contributed by atoms with Crippen LogP contribution in [0.5, 0.6) is 5.75 Å². The fraction of sp³-hybridized carbons (Fsp3) is 0.533. The normalized spacial score (nSPS) is 29.3. The van der Waals surface area contributed by atoms with Crippen LogP contribution in [0, 0.1) is 11.8 Å². The van der Waals surface area contributed by atoms with Gasteiger partial charge in [-0.15, -0.1) is 0 Å². The quantitative estimate of drug-likeness (QED) is 0.267. The highest BCUT2D eigenvalue weighted by atomic mass is 35.5. The number of likely N-dealkylation sites (tertiary alicyclic amines) is 1. The molecule has 0 spiro atoms. The van der Waals surface area contributed by atoms with Crippen LogP contribution < -0.4 is 10.1 Å². The van der Waals surface area contributed by atoms with Crippen LogP contribution in [0.25, 0.3) is 0 Å². The van der Waals surface area contributed by atoms with Gasteiger partial charge in [-0.3, -0.25) is 9.59 Å². The Hall–Kier alpha value is -2.08. The molecule has 0 bridgehead atoms. The first-order valence-electron chi connectivity index (χ1n) is 13.5. The third-order valence-corrected chi connectivity index (χ3v) is 9.53. The summed E-state index contributed by atoms with van der Waals surface area (Å²) in [6.07, 6.45) is 7.06. The average molecular weight is 545 g/mol. The molecule has 3 fully saturated rings. The summed E-state index contributed by atoms with van der Waals surface area (Å²) in [5.41, 5.74) is 2.05. The number of halogens is 2. The summed E-state index contributed by atoms with van der Waals surface area (Å²) in [7, 11) is 2.43. The number of ether oxygens (including phenoxy) is 1. The highest BCUT2D eigenvalue weighted by molar-refractivity contribution is 6.42. The number of carbonyl (C=O) groups is 2. The molecule has 5 rings (SSSR count). The predicted octanol–water partition coefficient (Wildman–Crippen LogP) is 5.94. The van der Waals surface area contributed by atoms with Crippen molar-refractivity contribution in [2.75, 3.05) is 26.7 Å². The third-order valence-electron chi connectivity index (χ3n) is 8.79. The molecule has 2 aliphatic carbocycles. The number of nitrogens with zero attached hydrogens (tertiary/aromatic N) is 1. The lowest BCUT2D eigenvalue weighted by Crippen LogP contribution is -2.62. The van der Waals surface area contributed by atoms with Gasteiger partial charge in [0, 0.05) is 36.6 Å². The van der Waals surface area contributed by atoms with Crippen molar-refractivity contribution in [3.8, 4) is 5.75 Å². The first kappa shape index (κ1) is 26.5. The minimum atomic E-state index is -0.306. The Bertz CT molecular complexity index is 1180. The van der Waals surface area contributed by atoms with E-state index in [-0.39, 0.29) is 29.8 Å². The Morgan fingerprint density at radius 3 is 2.62 bits per heavy atom. The molecule has 1 amide bonds. The maximum absolute atomic E-state index is 13.0. The highest BCUT2D eigenvalue weighted by Gasteiger charge is 2.53. The molecule has 37 heavy (non-hydrogen) atoms. The monoisotopic (exact) mass is 543 g/mol. The number of piperidine rings is 1. The molecule has 1 aliphatic heterocycles. The van der Waals surface area contributed by atoms with E-state index in [1.165, 1.54) is 31.9 Å². The Balaban J connectivity index is 1.36. The molecule has 2 aromatic carbocycles. The summed E-state index contributed by atoms with van der Waals surface area (Å²) < 4.78 is 6.61. The van der Waals surface area contributed by atoms with Gasteiger partial charge in [0.25, 0.3) is 0 Å². The van der Waals surface area contributed by atoms with Crippen LogP contribution in [-0.4, -0.2) is 49.1 Å². The fourth-order valence-electron chi connectivity index (χ4n) is 6.91. The van der Waals surface area contributed by atoms with E-state index in [1.54, 1.807) is 12.1 Å². The third kappa shape index (κ3) is 6.16. The minimum Gasteiger partial charge on any atom is -0.427 e. The average Bonchev–Trinajstić information content (AvgIpc) is 3.65. The number of nitrogens with one attached hydrogen (secondary N) is 1. The van der Waals surface area contributed by atoms with Crippen LogP contribution in [0.1, 0.15) is 56.6 Å². The number of benzene rings is 2. The summed E-state index contributed by atoms with van der Waals surface area (Å²) in [5.74, 6) is 1.72. The van der Waals surface area contributed by atoms with Crippen LogP contribution >= 0.6 is 23.2 Å². The van der Waals surface area contributed by atoms with Gasteiger partial charge in [-0.2, -0.15) is 0 Å². The summed E-state index contributed by atoms with van der Waals surface area (Å²) in [6, 6.07) is 13.6. The lowest BCUT2D eigenvalue weighted by molar-refractivity contribution is -0.921. The van der Waals surface area contributed by atoms with Gasteiger partial charge in [0.15, 0.2) is 0 Å². The van der Waals surface area contributed by atoms with Crippen LogP contribution in [0.3, 0.4) is 0 Å². The number of esters is 1. The van der Waals surface area contributed by atoms with E-state index in [4.69, 9.17) is 27.9 Å². The molecular formula is C30H37Cl2N2O3+. The Kier molecular flexibility index (Phi) is 7.59. The van der Waals surface area contributed by atoms with E-state index in [0.29, 0.717) is 21.7 Å². The van der Waals surface area contributed by atoms with Crippen molar-refractivity contribution < 1.29 is 18.8 Å². The van der Waals surface area contributed by atoms with Crippen molar-refractivity contribution in [1.82, 2.24) is 5.32 Å². The molecule has 1 heterocycles. The Labute approximate surface area is 230 Å². The first-order valence-corrected chi connectivity index (χ1v) is 14.3. The van der Waals surface area contributed by atoms with Gasteiger partial charge in [-0.1, -0.05) is 41.4 Å². The van der Waals surface area contributed by atoms with Gasteiger partial charge in [0.2, 0.25) is 5.91 Å². The molecule has 2 aromatic rings. The zero-order valence-corrected chi connectivity index (χ0v) is 23.3. The standard InChI is InChI=1S/C30H36Cl2N2O3/c1-20(35)37-26-5-3-4-23(16-26)30-12-13-34(2,18-21-6-7-21)19-24(30)9-10-25(17-30)33-29(36)15-22-8-11-27(31)28(32)14-22/h3-5,8,11,14,16,21,24-25H,6-7,9-10,12-13,15,17-19H2,1-2H3/p+1/t24?,25-,30-,34+/m0/s1. The van der Waals surface area contributed by atoms with Gasteiger partial charge in [-0.05, 0) is 67.5 Å². The Morgan fingerprint density at radius 1 is 1.08 bits per heavy atom. The van der Waals surface area contributed by atoms with E-state index < -0.39 is 0 Å². The topological polar surface area (TPSA) is 55.4 Å². The van der Waals surface area contributed by atoms with Crippen molar-refractivity contribution in [3.05, 3.63) is 63.6 Å². The molecule has 2 saturated carbocycles. The predicted molar refractivity (Wildman–Crippen MR) is 147 cm³/mol.